The van der Waals surface area contributed by atoms with E-state index in [0.29, 0.717) is 5.78 Å². The van der Waals surface area contributed by atoms with Crippen LogP contribution in [0.1, 0.15) is 12.8 Å². The average Bonchev–Trinajstić information content (AvgIpc) is 2.08. The Balaban J connectivity index is 0.000000304. The lowest BCUT2D eigenvalue weighted by Crippen LogP contribution is -2.46. The van der Waals surface area contributed by atoms with E-state index in [1.54, 1.807) is 0 Å². The van der Waals surface area contributed by atoms with E-state index >= 15 is 0 Å². The quantitative estimate of drug-likeness (QED) is 0.366. The number of nitrogens with zero attached hydrogens (tertiary/aromatic N) is 1. The second-order valence-corrected chi connectivity index (χ2v) is 5.69. The predicted molar refractivity (Wildman–Crippen MR) is 51.8 cm³/mol. The van der Waals surface area contributed by atoms with Crippen LogP contribution in [0.4, 0.5) is 13.2 Å². The van der Waals surface area contributed by atoms with Gasteiger partial charge in [-0.05, 0) is 0 Å². The van der Waals surface area contributed by atoms with E-state index < -0.39 is 15.6 Å². The topological polar surface area (TPSA) is 74.3 Å². The molecule has 0 saturated carbocycles. The molecule has 0 bridgehead atoms. The van der Waals surface area contributed by atoms with E-state index in [9.17, 15) is 18.0 Å². The van der Waals surface area contributed by atoms with E-state index in [1.807, 2.05) is 0 Å². The number of halogens is 3. The highest BCUT2D eigenvalue weighted by Gasteiger charge is 2.36. The SMILES string of the molecule is C[N+]1(C)CCC(=O)CC1.O=S(=O)([O-])C(F)(F)F. The van der Waals surface area contributed by atoms with Crippen molar-refractivity contribution in [2.75, 3.05) is 27.2 Å². The molecular weight excluding hydrogens is 263 g/mol. The molecule has 0 atom stereocenters. The van der Waals surface area contributed by atoms with Crippen molar-refractivity contribution in [1.29, 1.82) is 0 Å². The summed E-state index contributed by atoms with van der Waals surface area (Å²) >= 11 is 0. The summed E-state index contributed by atoms with van der Waals surface area (Å²) in [6, 6.07) is 0. The maximum Gasteiger partial charge on any atom is 0.485 e. The van der Waals surface area contributed by atoms with Crippen LogP contribution >= 0.6 is 0 Å². The summed E-state index contributed by atoms with van der Waals surface area (Å²) in [6.45, 7) is 2.05. The molecule has 0 aromatic carbocycles. The molecule has 1 rings (SSSR count). The minimum absolute atomic E-state index is 0.437. The number of piperidine rings is 1. The van der Waals surface area contributed by atoms with E-state index in [0.717, 1.165) is 30.4 Å². The first kappa shape index (κ1) is 16.3. The van der Waals surface area contributed by atoms with Gasteiger partial charge in [-0.25, -0.2) is 8.42 Å². The molecule has 9 heteroatoms. The van der Waals surface area contributed by atoms with Gasteiger partial charge < -0.3 is 9.04 Å². The number of rotatable bonds is 0. The highest BCUT2D eigenvalue weighted by molar-refractivity contribution is 7.86. The third kappa shape index (κ3) is 6.59. The Labute approximate surface area is 97.6 Å². The van der Waals surface area contributed by atoms with Gasteiger partial charge in [0.2, 0.25) is 0 Å². The number of carbonyl (C=O) groups is 1. The summed E-state index contributed by atoms with van der Waals surface area (Å²) in [5.41, 5.74) is -5.65. The molecule has 102 valence electrons. The van der Waals surface area contributed by atoms with Gasteiger partial charge >= 0.3 is 5.51 Å². The molecule has 5 nitrogen and oxygen atoms in total. The predicted octanol–water partition coefficient (Wildman–Crippen LogP) is 0.477. The highest BCUT2D eigenvalue weighted by Crippen LogP contribution is 2.20. The fourth-order valence-corrected chi connectivity index (χ4v) is 1.09. The van der Waals surface area contributed by atoms with Crippen LogP contribution in [0.25, 0.3) is 0 Å². The van der Waals surface area contributed by atoms with E-state index in [2.05, 4.69) is 14.1 Å². The van der Waals surface area contributed by atoms with Crippen molar-refractivity contribution in [2.45, 2.75) is 18.3 Å². The molecule has 0 radical (unpaired) electrons. The zero-order valence-corrected chi connectivity index (χ0v) is 10.3. The second kappa shape index (κ2) is 5.32. The Morgan fingerprint density at radius 1 is 1.18 bits per heavy atom. The second-order valence-electron chi connectivity index (χ2n) is 4.32. The summed E-state index contributed by atoms with van der Waals surface area (Å²) in [4.78, 5) is 10.7. The van der Waals surface area contributed by atoms with Crippen LogP contribution in [-0.2, 0) is 14.9 Å². The number of Topliss-reactive ketones (excluding diaryl/α,β-unsaturated/α-hetero) is 1. The summed E-state index contributed by atoms with van der Waals surface area (Å²) in [5, 5.41) is 0. The summed E-state index contributed by atoms with van der Waals surface area (Å²) < 4.78 is 59.9. The molecule has 1 heterocycles. The Kier molecular flexibility index (Phi) is 5.11. The molecule has 1 aliphatic heterocycles. The third-order valence-corrected chi connectivity index (χ3v) is 2.84. The molecule has 0 unspecified atom stereocenters. The van der Waals surface area contributed by atoms with Gasteiger partial charge in [0.1, 0.15) is 5.78 Å². The molecule has 0 N–H and O–H groups in total. The summed E-state index contributed by atoms with van der Waals surface area (Å²) in [6.07, 6.45) is 1.57. The molecule has 0 aliphatic carbocycles. The van der Waals surface area contributed by atoms with Crippen LogP contribution in [0.15, 0.2) is 0 Å². The van der Waals surface area contributed by atoms with Crippen molar-refractivity contribution in [2.24, 2.45) is 0 Å². The van der Waals surface area contributed by atoms with E-state index in [1.165, 1.54) is 0 Å². The maximum absolute atomic E-state index is 10.7. The molecule has 1 fully saturated rings. The summed E-state index contributed by atoms with van der Waals surface area (Å²) in [7, 11) is -1.74. The van der Waals surface area contributed by atoms with Gasteiger partial charge in [-0.1, -0.05) is 0 Å². The number of likely N-dealkylation sites (tertiary alicyclic amines) is 1. The molecule has 0 spiro atoms. The Morgan fingerprint density at radius 3 is 1.65 bits per heavy atom. The molecule has 1 aliphatic rings. The van der Waals surface area contributed by atoms with Crippen LogP contribution in [0.5, 0.6) is 0 Å². The Morgan fingerprint density at radius 2 is 1.47 bits per heavy atom. The Bertz CT molecular complexity index is 363. The fourth-order valence-electron chi connectivity index (χ4n) is 1.09. The van der Waals surface area contributed by atoms with Gasteiger partial charge in [-0.3, -0.25) is 4.79 Å². The molecule has 1 saturated heterocycles. The molecule has 0 aromatic heterocycles. The van der Waals surface area contributed by atoms with Gasteiger partial charge in [0.25, 0.3) is 0 Å². The van der Waals surface area contributed by atoms with Crippen molar-refractivity contribution >= 4 is 15.9 Å². The minimum atomic E-state index is -6.09. The lowest BCUT2D eigenvalue weighted by atomic mass is 10.1. The largest absolute Gasteiger partial charge is 0.741 e. The number of alkyl halides is 3. The van der Waals surface area contributed by atoms with Crippen LogP contribution in [0, 0.1) is 0 Å². The number of hydrogen-bond acceptors (Lipinski definition) is 4. The fraction of sp³-hybridized carbons (Fsp3) is 0.875. The normalized spacial score (nSPS) is 20.5. The van der Waals surface area contributed by atoms with Crippen molar-refractivity contribution in [1.82, 2.24) is 0 Å². The number of carbonyl (C=O) groups excluding carboxylic acids is 1. The van der Waals surface area contributed by atoms with Crippen molar-refractivity contribution in [3.8, 4) is 0 Å². The number of quaternary nitrogens is 1. The smallest absolute Gasteiger partial charge is 0.485 e. The van der Waals surface area contributed by atoms with E-state index in [4.69, 9.17) is 13.0 Å². The summed E-state index contributed by atoms with van der Waals surface area (Å²) in [5.74, 6) is 0.437. The first-order valence-corrected chi connectivity index (χ1v) is 6.12. The third-order valence-electron chi connectivity index (χ3n) is 2.28. The van der Waals surface area contributed by atoms with Crippen LogP contribution in [-0.4, -0.2) is 55.9 Å². The molecule has 17 heavy (non-hydrogen) atoms. The lowest BCUT2D eigenvalue weighted by Gasteiger charge is -2.32. The zero-order valence-electron chi connectivity index (χ0n) is 9.45. The number of hydrogen-bond donors (Lipinski definition) is 0. The van der Waals surface area contributed by atoms with Gasteiger partial charge in [0.05, 0.1) is 40.0 Å². The van der Waals surface area contributed by atoms with Gasteiger partial charge in [-0.15, -0.1) is 0 Å². The lowest BCUT2D eigenvalue weighted by molar-refractivity contribution is -0.891. The van der Waals surface area contributed by atoms with Crippen LogP contribution in [0.2, 0.25) is 0 Å². The highest BCUT2D eigenvalue weighted by atomic mass is 32.2. The average molecular weight is 277 g/mol. The van der Waals surface area contributed by atoms with Crippen molar-refractivity contribution < 1.29 is 35.4 Å². The maximum atomic E-state index is 10.7. The number of ketones is 1. The van der Waals surface area contributed by atoms with Gasteiger partial charge in [0, 0.05) is 0 Å². The van der Waals surface area contributed by atoms with Crippen molar-refractivity contribution in [3.05, 3.63) is 0 Å². The van der Waals surface area contributed by atoms with Crippen LogP contribution in [0.3, 0.4) is 0 Å². The molecule has 0 aromatic rings. The molecular formula is C8H14F3NO4S. The monoisotopic (exact) mass is 277 g/mol. The zero-order chi connectivity index (χ0) is 13.9. The van der Waals surface area contributed by atoms with E-state index in [-0.39, 0.29) is 0 Å². The first-order valence-electron chi connectivity index (χ1n) is 4.71. The Hall–Kier alpha value is -0.670. The van der Waals surface area contributed by atoms with Crippen LogP contribution < -0.4 is 0 Å². The minimum Gasteiger partial charge on any atom is -0.741 e. The van der Waals surface area contributed by atoms with Crippen molar-refractivity contribution in [3.63, 3.8) is 0 Å². The van der Waals surface area contributed by atoms with Gasteiger partial charge in [0.15, 0.2) is 10.1 Å². The standard InChI is InChI=1S/C7H14NO.CHF3O3S/c1-8(2)5-3-7(9)4-6-8;2-1(3,4)8(5,6)7/h3-6H2,1-2H3;(H,5,6,7)/q+1;/p-1. The van der Waals surface area contributed by atoms with Gasteiger partial charge in [-0.2, -0.15) is 13.2 Å². The molecule has 0 amide bonds. The first-order chi connectivity index (χ1) is 7.35.